The molecule has 1 aliphatic heterocycles. The lowest BCUT2D eigenvalue weighted by atomic mass is 9.77. The second-order valence-corrected chi connectivity index (χ2v) is 12.6. The van der Waals surface area contributed by atoms with Gasteiger partial charge in [-0.25, -0.2) is 0 Å². The zero-order valence-corrected chi connectivity index (χ0v) is 19.5. The van der Waals surface area contributed by atoms with Crippen molar-refractivity contribution in [2.45, 2.75) is 51.6 Å². The Balaban J connectivity index is 2.43. The number of allylic oxidation sites excluding steroid dienone is 2. The Labute approximate surface area is 187 Å². The highest BCUT2D eigenvalue weighted by molar-refractivity contribution is 7.11. The lowest BCUT2D eigenvalue weighted by Crippen LogP contribution is -2.48. The first-order valence-electron chi connectivity index (χ1n) is 11.3. The van der Waals surface area contributed by atoms with Gasteiger partial charge in [0.05, 0.1) is 0 Å². The summed E-state index contributed by atoms with van der Waals surface area (Å²) in [6.07, 6.45) is 3.75. The fourth-order valence-corrected chi connectivity index (χ4v) is 11.1. The van der Waals surface area contributed by atoms with E-state index < -0.39 is 22.3 Å². The third kappa shape index (κ3) is 4.66. The number of hydrogen-bond acceptors (Lipinski definition) is 4. The molecular weight excluding hydrogens is 402 g/mol. The first-order chi connectivity index (χ1) is 15.0. The lowest BCUT2D eigenvalue weighted by Gasteiger charge is -2.34. The fraction of sp³-hybridized carbons (Fsp3) is 0.333. The van der Waals surface area contributed by atoms with Gasteiger partial charge < -0.3 is 20.1 Å². The van der Waals surface area contributed by atoms with Crippen molar-refractivity contribution in [1.29, 1.82) is 0 Å². The van der Waals surface area contributed by atoms with E-state index in [1.54, 1.807) is 0 Å². The number of unbranched alkanes of at least 4 members (excludes halogenated alkanes) is 2. The van der Waals surface area contributed by atoms with E-state index in [2.05, 4.69) is 13.8 Å². The van der Waals surface area contributed by atoms with E-state index in [-0.39, 0.29) is 0 Å². The standard InChI is InChI=1S/C24H32B2O4Si/c1-3-5-17-31(18-6-4-2)23(25(27)28)21(19-13-9-7-10-14-19)22(24(31)26(29)30)20-15-11-8-12-16-20/h7-16,27-30H,3-6,17-18H2,1-2H3. The van der Waals surface area contributed by atoms with E-state index in [1.807, 2.05) is 60.7 Å². The van der Waals surface area contributed by atoms with E-state index in [0.29, 0.717) is 10.2 Å². The van der Waals surface area contributed by atoms with E-state index in [9.17, 15) is 20.1 Å². The summed E-state index contributed by atoms with van der Waals surface area (Å²) in [5, 5.41) is 44.2. The molecule has 4 N–H and O–H groups in total. The Hall–Kier alpha value is -1.89. The topological polar surface area (TPSA) is 80.9 Å². The first kappa shape index (κ1) is 23.8. The SMILES string of the molecule is CCCC[Si]1(CCCC)C(B(O)O)=C(c2ccccc2)C(c2ccccc2)=C1B(O)O. The molecule has 0 amide bonds. The second-order valence-electron chi connectivity index (χ2n) is 8.35. The molecule has 0 aliphatic carbocycles. The summed E-state index contributed by atoms with van der Waals surface area (Å²) in [7, 11) is -6.06. The van der Waals surface area contributed by atoms with E-state index in [0.717, 1.165) is 60.0 Å². The number of hydrogen-bond donors (Lipinski definition) is 4. The van der Waals surface area contributed by atoms with Gasteiger partial charge in [0.25, 0.3) is 0 Å². The van der Waals surface area contributed by atoms with Gasteiger partial charge in [0.1, 0.15) is 8.07 Å². The van der Waals surface area contributed by atoms with Crippen LogP contribution >= 0.6 is 0 Å². The molecule has 1 aliphatic rings. The van der Waals surface area contributed by atoms with Gasteiger partial charge in [0.15, 0.2) is 0 Å². The zero-order valence-electron chi connectivity index (χ0n) is 18.5. The predicted molar refractivity (Wildman–Crippen MR) is 132 cm³/mol. The van der Waals surface area contributed by atoms with Crippen molar-refractivity contribution in [3.63, 3.8) is 0 Å². The molecule has 0 saturated heterocycles. The minimum Gasteiger partial charge on any atom is -0.424 e. The molecule has 1 heterocycles. The van der Waals surface area contributed by atoms with Gasteiger partial charge in [-0.2, -0.15) is 0 Å². The summed E-state index contributed by atoms with van der Waals surface area (Å²) < 4.78 is 0. The Morgan fingerprint density at radius 1 is 0.613 bits per heavy atom. The Morgan fingerprint density at radius 2 is 0.968 bits per heavy atom. The van der Waals surface area contributed by atoms with Crippen molar-refractivity contribution < 1.29 is 20.1 Å². The number of benzene rings is 2. The van der Waals surface area contributed by atoms with Crippen molar-refractivity contribution in [1.82, 2.24) is 0 Å². The van der Waals surface area contributed by atoms with Gasteiger partial charge in [-0.3, -0.25) is 0 Å². The molecule has 0 atom stereocenters. The van der Waals surface area contributed by atoms with Gasteiger partial charge in [0, 0.05) is 0 Å². The van der Waals surface area contributed by atoms with Crippen LogP contribution in [0.4, 0.5) is 0 Å². The van der Waals surface area contributed by atoms with Crippen LogP contribution in [0.3, 0.4) is 0 Å². The first-order valence-corrected chi connectivity index (χ1v) is 13.7. The highest BCUT2D eigenvalue weighted by atomic mass is 28.3. The van der Waals surface area contributed by atoms with Crippen LogP contribution in [-0.2, 0) is 0 Å². The average Bonchev–Trinajstić information content (AvgIpc) is 3.09. The summed E-state index contributed by atoms with van der Waals surface area (Å²) in [5.41, 5.74) is 3.29. The summed E-state index contributed by atoms with van der Waals surface area (Å²) >= 11 is 0. The third-order valence-corrected chi connectivity index (χ3v) is 11.9. The smallest absolute Gasteiger partial charge is 0.424 e. The molecule has 2 aromatic carbocycles. The van der Waals surface area contributed by atoms with Crippen LogP contribution in [0.25, 0.3) is 11.1 Å². The normalized spacial score (nSPS) is 15.5. The molecule has 0 spiro atoms. The maximum absolute atomic E-state index is 10.7. The van der Waals surface area contributed by atoms with E-state index in [1.165, 1.54) is 0 Å². The molecule has 162 valence electrons. The highest BCUT2D eigenvalue weighted by Crippen LogP contribution is 2.53. The van der Waals surface area contributed by atoms with Gasteiger partial charge in [-0.15, -0.1) is 0 Å². The van der Waals surface area contributed by atoms with E-state index >= 15 is 0 Å². The largest absolute Gasteiger partial charge is 0.480 e. The van der Waals surface area contributed by atoms with Crippen LogP contribution in [0.5, 0.6) is 0 Å². The summed E-state index contributed by atoms with van der Waals surface area (Å²) in [5.74, 6) is 0. The van der Waals surface area contributed by atoms with Gasteiger partial charge in [-0.1, -0.05) is 112 Å². The Bertz CT molecular complexity index is 850. The molecule has 0 fully saturated rings. The quantitative estimate of drug-likeness (QED) is 0.426. The molecule has 7 heteroatoms. The Kier molecular flexibility index (Phi) is 8.14. The fourth-order valence-electron chi connectivity index (χ4n) is 5.08. The monoisotopic (exact) mass is 434 g/mol. The Morgan fingerprint density at radius 3 is 1.26 bits per heavy atom. The molecule has 3 rings (SSSR count). The van der Waals surface area contributed by atoms with Crippen LogP contribution in [0, 0.1) is 0 Å². The lowest BCUT2D eigenvalue weighted by molar-refractivity contribution is 0.421. The molecule has 4 nitrogen and oxygen atoms in total. The third-order valence-electron chi connectivity index (χ3n) is 6.38. The van der Waals surface area contributed by atoms with Gasteiger partial charge in [0.2, 0.25) is 0 Å². The molecule has 31 heavy (non-hydrogen) atoms. The maximum atomic E-state index is 10.7. The van der Waals surface area contributed by atoms with Crippen LogP contribution in [0.15, 0.2) is 70.9 Å². The van der Waals surface area contributed by atoms with Gasteiger partial charge >= 0.3 is 14.2 Å². The maximum Gasteiger partial charge on any atom is 0.480 e. The van der Waals surface area contributed by atoms with Crippen LogP contribution in [0.2, 0.25) is 12.1 Å². The summed E-state index contributed by atoms with van der Waals surface area (Å²) in [6.45, 7) is 4.23. The highest BCUT2D eigenvalue weighted by Gasteiger charge is 2.54. The van der Waals surface area contributed by atoms with E-state index in [4.69, 9.17) is 0 Å². The molecule has 0 radical (unpaired) electrons. The molecule has 0 saturated carbocycles. The average molecular weight is 434 g/mol. The molecule has 2 aromatic rings. The number of rotatable bonds is 10. The minimum absolute atomic E-state index is 0.627. The van der Waals surface area contributed by atoms with Crippen LogP contribution < -0.4 is 0 Å². The second kappa shape index (κ2) is 10.6. The molecule has 0 unspecified atom stereocenters. The van der Waals surface area contributed by atoms with Crippen molar-refractivity contribution in [3.8, 4) is 0 Å². The summed E-state index contributed by atoms with van der Waals surface area (Å²) in [4.78, 5) is 0. The molecule has 0 bridgehead atoms. The zero-order chi connectivity index (χ0) is 22.4. The van der Waals surface area contributed by atoms with Crippen LogP contribution in [0.1, 0.15) is 50.7 Å². The minimum atomic E-state index is -2.79. The molecular formula is C24H32B2O4Si. The van der Waals surface area contributed by atoms with Crippen molar-refractivity contribution in [2.75, 3.05) is 0 Å². The summed E-state index contributed by atoms with van der Waals surface area (Å²) in [6, 6.07) is 21.0. The predicted octanol–water partition coefficient (Wildman–Crippen LogP) is 4.06. The molecule has 0 aromatic heterocycles. The van der Waals surface area contributed by atoms with Crippen LogP contribution in [-0.4, -0.2) is 42.4 Å². The van der Waals surface area contributed by atoms with Crippen molar-refractivity contribution in [2.24, 2.45) is 0 Å². The van der Waals surface area contributed by atoms with Crippen molar-refractivity contribution >= 4 is 33.5 Å². The van der Waals surface area contributed by atoms with Gasteiger partial charge in [-0.05, 0) is 32.5 Å². The van der Waals surface area contributed by atoms with Crippen molar-refractivity contribution in [3.05, 3.63) is 82.0 Å².